The van der Waals surface area contributed by atoms with Crippen LogP contribution in [0.5, 0.6) is 0 Å². The van der Waals surface area contributed by atoms with Gasteiger partial charge in [-0.25, -0.2) is 0 Å². The van der Waals surface area contributed by atoms with Gasteiger partial charge in [-0.05, 0) is 51.7 Å². The van der Waals surface area contributed by atoms with Gasteiger partial charge in [0.05, 0.1) is 17.3 Å². The zero-order valence-electron chi connectivity index (χ0n) is 14.0. The van der Waals surface area contributed by atoms with E-state index in [0.29, 0.717) is 10.6 Å². The van der Waals surface area contributed by atoms with E-state index in [1.807, 2.05) is 52.3 Å². The molecule has 1 aromatic carbocycles. The highest BCUT2D eigenvalue weighted by Crippen LogP contribution is 2.20. The van der Waals surface area contributed by atoms with Gasteiger partial charge in [0.2, 0.25) is 0 Å². The molecule has 2 rings (SSSR count). The average molecular weight is 335 g/mol. The fourth-order valence-corrected chi connectivity index (χ4v) is 2.59. The van der Waals surface area contributed by atoms with Crippen LogP contribution in [0.2, 0.25) is 5.02 Å². The molecule has 0 radical (unpaired) electrons. The lowest BCUT2D eigenvalue weighted by Gasteiger charge is -2.21. The van der Waals surface area contributed by atoms with Crippen LogP contribution < -0.4 is 5.32 Å². The molecule has 0 aliphatic carbocycles. The third-order valence-corrected chi connectivity index (χ3v) is 3.95. The molecule has 0 spiro atoms. The largest absolute Gasteiger partial charge is 0.345 e. The van der Waals surface area contributed by atoms with Gasteiger partial charge in [-0.3, -0.25) is 9.48 Å². The van der Waals surface area contributed by atoms with Crippen LogP contribution in [-0.2, 0) is 7.05 Å². The van der Waals surface area contributed by atoms with Gasteiger partial charge in [0.25, 0.3) is 5.91 Å². The summed E-state index contributed by atoms with van der Waals surface area (Å²) in [7, 11) is 5.85. The number of aryl methyl sites for hydroxylation is 2. The summed E-state index contributed by atoms with van der Waals surface area (Å²) in [5, 5.41) is 8.03. The number of carbonyl (C=O) groups excluding carboxylic acids is 1. The molecule has 6 heteroatoms. The normalized spacial score (nSPS) is 12.4. The number of halogens is 1. The highest BCUT2D eigenvalue weighted by atomic mass is 35.5. The molecule has 1 heterocycles. The summed E-state index contributed by atoms with van der Waals surface area (Å²) in [6.07, 6.45) is 2.56. The van der Waals surface area contributed by atoms with Gasteiger partial charge in [0.1, 0.15) is 0 Å². The molecule has 1 amide bonds. The molecule has 0 saturated heterocycles. The summed E-state index contributed by atoms with van der Waals surface area (Å²) < 4.78 is 1.65. The lowest BCUT2D eigenvalue weighted by atomic mass is 10.0. The molecule has 1 aromatic heterocycles. The number of rotatable bonds is 6. The smallest absolute Gasteiger partial charge is 0.255 e. The third-order valence-electron chi connectivity index (χ3n) is 3.70. The van der Waals surface area contributed by atoms with Crippen LogP contribution in [-0.4, -0.2) is 41.2 Å². The summed E-state index contributed by atoms with van der Waals surface area (Å²) >= 11 is 5.96. The Morgan fingerprint density at radius 3 is 2.52 bits per heavy atom. The van der Waals surface area contributed by atoms with Gasteiger partial charge in [0, 0.05) is 18.3 Å². The number of hydrogen-bond donors (Lipinski definition) is 1. The van der Waals surface area contributed by atoms with E-state index in [0.717, 1.165) is 24.2 Å². The summed E-state index contributed by atoms with van der Waals surface area (Å²) in [5.74, 6) is -0.102. The predicted octanol–water partition coefficient (Wildman–Crippen LogP) is 2.80. The van der Waals surface area contributed by atoms with Crippen molar-refractivity contribution in [3.05, 3.63) is 52.3 Å². The van der Waals surface area contributed by atoms with E-state index >= 15 is 0 Å². The molecule has 23 heavy (non-hydrogen) atoms. The van der Waals surface area contributed by atoms with Crippen LogP contribution in [0, 0.1) is 6.92 Å². The minimum absolute atomic E-state index is 0.0678. The molecule has 5 nitrogen and oxygen atoms in total. The second kappa shape index (κ2) is 7.62. The van der Waals surface area contributed by atoms with Crippen molar-refractivity contribution in [2.24, 2.45) is 7.05 Å². The Morgan fingerprint density at radius 1 is 1.35 bits per heavy atom. The van der Waals surface area contributed by atoms with E-state index < -0.39 is 0 Å². The topological polar surface area (TPSA) is 50.2 Å². The molecule has 0 saturated carbocycles. The van der Waals surface area contributed by atoms with E-state index in [4.69, 9.17) is 11.6 Å². The first-order valence-corrected chi connectivity index (χ1v) is 7.96. The van der Waals surface area contributed by atoms with Crippen molar-refractivity contribution in [2.45, 2.75) is 19.4 Å². The van der Waals surface area contributed by atoms with Crippen LogP contribution in [0.25, 0.3) is 0 Å². The fraction of sp³-hybridized carbons (Fsp3) is 0.412. The molecule has 0 aliphatic rings. The van der Waals surface area contributed by atoms with Gasteiger partial charge < -0.3 is 10.2 Å². The van der Waals surface area contributed by atoms with Crippen molar-refractivity contribution in [2.75, 3.05) is 20.6 Å². The van der Waals surface area contributed by atoms with Crippen LogP contribution >= 0.6 is 11.6 Å². The third kappa shape index (κ3) is 4.81. The highest BCUT2D eigenvalue weighted by Gasteiger charge is 2.19. The maximum Gasteiger partial charge on any atom is 0.255 e. The van der Waals surface area contributed by atoms with Crippen molar-refractivity contribution in [1.29, 1.82) is 0 Å². The van der Waals surface area contributed by atoms with Gasteiger partial charge in [-0.1, -0.05) is 23.7 Å². The van der Waals surface area contributed by atoms with Crippen molar-refractivity contribution in [3.8, 4) is 0 Å². The van der Waals surface area contributed by atoms with E-state index in [-0.39, 0.29) is 11.9 Å². The average Bonchev–Trinajstić information content (AvgIpc) is 2.83. The molecule has 0 aliphatic heterocycles. The number of benzene rings is 1. The van der Waals surface area contributed by atoms with Gasteiger partial charge in [-0.15, -0.1) is 0 Å². The molecule has 1 unspecified atom stereocenters. The SMILES string of the molecule is Cc1nn(C)cc1C(=O)NC(CCN(C)C)c1ccc(Cl)cc1. The second-order valence-electron chi connectivity index (χ2n) is 5.97. The highest BCUT2D eigenvalue weighted by molar-refractivity contribution is 6.30. The van der Waals surface area contributed by atoms with Crippen molar-refractivity contribution in [3.63, 3.8) is 0 Å². The minimum Gasteiger partial charge on any atom is -0.345 e. The van der Waals surface area contributed by atoms with Crippen LogP contribution in [0.1, 0.15) is 34.1 Å². The van der Waals surface area contributed by atoms with Crippen LogP contribution in [0.3, 0.4) is 0 Å². The Labute approximate surface area is 142 Å². The molecule has 0 bridgehead atoms. The Bertz CT molecular complexity index is 664. The second-order valence-corrected chi connectivity index (χ2v) is 6.41. The number of aromatic nitrogens is 2. The lowest BCUT2D eigenvalue weighted by molar-refractivity contribution is 0.0932. The molecular weight excluding hydrogens is 312 g/mol. The van der Waals surface area contributed by atoms with Crippen molar-refractivity contribution >= 4 is 17.5 Å². The molecular formula is C17H23ClN4O. The summed E-state index contributed by atoms with van der Waals surface area (Å²) in [6.45, 7) is 2.71. The number of carbonyl (C=O) groups is 1. The number of hydrogen-bond acceptors (Lipinski definition) is 3. The molecule has 2 aromatic rings. The molecule has 0 fully saturated rings. The van der Waals surface area contributed by atoms with Gasteiger partial charge in [0.15, 0.2) is 0 Å². The first-order valence-electron chi connectivity index (χ1n) is 7.58. The Hall–Kier alpha value is -1.85. The standard InChI is InChI=1S/C17H23ClN4O/c1-12-15(11-22(4)20-12)17(23)19-16(9-10-21(2)3)13-5-7-14(18)8-6-13/h5-8,11,16H,9-10H2,1-4H3,(H,19,23). The number of amides is 1. The molecule has 1 atom stereocenters. The van der Waals surface area contributed by atoms with Gasteiger partial charge >= 0.3 is 0 Å². The van der Waals surface area contributed by atoms with Crippen LogP contribution in [0.4, 0.5) is 0 Å². The summed E-state index contributed by atoms with van der Waals surface area (Å²) in [6, 6.07) is 7.54. The predicted molar refractivity (Wildman–Crippen MR) is 92.8 cm³/mol. The lowest BCUT2D eigenvalue weighted by Crippen LogP contribution is -2.31. The first kappa shape index (κ1) is 17.5. The maximum absolute atomic E-state index is 12.6. The molecule has 1 N–H and O–H groups in total. The summed E-state index contributed by atoms with van der Waals surface area (Å²) in [4.78, 5) is 14.7. The zero-order chi connectivity index (χ0) is 17.0. The van der Waals surface area contributed by atoms with Crippen LogP contribution in [0.15, 0.2) is 30.5 Å². The Kier molecular flexibility index (Phi) is 5.80. The quantitative estimate of drug-likeness (QED) is 0.883. The zero-order valence-corrected chi connectivity index (χ0v) is 14.8. The minimum atomic E-state index is -0.102. The van der Waals surface area contributed by atoms with E-state index in [2.05, 4.69) is 15.3 Å². The first-order chi connectivity index (χ1) is 10.9. The van der Waals surface area contributed by atoms with Gasteiger partial charge in [-0.2, -0.15) is 5.10 Å². The summed E-state index contributed by atoms with van der Waals surface area (Å²) in [5.41, 5.74) is 2.38. The maximum atomic E-state index is 12.6. The Morgan fingerprint density at radius 2 is 2.00 bits per heavy atom. The van der Waals surface area contributed by atoms with Crippen molar-refractivity contribution < 1.29 is 4.79 Å². The molecule has 124 valence electrons. The monoisotopic (exact) mass is 334 g/mol. The van der Waals surface area contributed by atoms with E-state index in [1.165, 1.54) is 0 Å². The number of nitrogens with one attached hydrogen (secondary N) is 1. The van der Waals surface area contributed by atoms with E-state index in [1.54, 1.807) is 10.9 Å². The number of nitrogens with zero attached hydrogens (tertiary/aromatic N) is 3. The van der Waals surface area contributed by atoms with E-state index in [9.17, 15) is 4.79 Å². The van der Waals surface area contributed by atoms with Crippen molar-refractivity contribution in [1.82, 2.24) is 20.0 Å². The Balaban J connectivity index is 2.18. The fourth-order valence-electron chi connectivity index (χ4n) is 2.46.